The number of ether oxygens (including phenoxy) is 3. The van der Waals surface area contributed by atoms with Crippen molar-refractivity contribution >= 4 is 31.5 Å². The average molecular weight is 647 g/mol. The largest absolute Gasteiger partial charge is 0.488 e. The third-order valence-corrected chi connectivity index (χ3v) is 9.20. The number of anilines is 1. The molecule has 43 heavy (non-hydrogen) atoms. The van der Waals surface area contributed by atoms with Crippen LogP contribution in [0.15, 0.2) is 17.2 Å². The third-order valence-electron chi connectivity index (χ3n) is 7.30. The summed E-state index contributed by atoms with van der Waals surface area (Å²) in [4.78, 5) is 37.8. The van der Waals surface area contributed by atoms with Crippen LogP contribution in [0.2, 0.25) is 30.7 Å². The highest BCUT2D eigenvalue weighted by Gasteiger charge is 2.41. The molecule has 2 aromatic rings. The van der Waals surface area contributed by atoms with E-state index < -0.39 is 37.2 Å². The number of alkyl halides is 3. The molecule has 0 saturated carbocycles. The molecule has 2 aromatic heterocycles. The molecule has 0 N–H and O–H groups in total. The lowest BCUT2D eigenvalue weighted by molar-refractivity contribution is -0.141. The van der Waals surface area contributed by atoms with Gasteiger partial charge in [-0.1, -0.05) is 31.2 Å². The first kappa shape index (κ1) is 33.1. The van der Waals surface area contributed by atoms with Crippen LogP contribution in [0.1, 0.15) is 30.5 Å². The molecule has 2 aliphatic heterocycles. The van der Waals surface area contributed by atoms with Crippen LogP contribution >= 0.6 is 11.6 Å². The average Bonchev–Trinajstić information content (AvgIpc) is 3.38. The van der Waals surface area contributed by atoms with Gasteiger partial charge in [0.25, 0.3) is 5.56 Å². The lowest BCUT2D eigenvalue weighted by Gasteiger charge is -2.35. The highest BCUT2D eigenvalue weighted by atomic mass is 35.5. The molecule has 4 rings (SSSR count). The van der Waals surface area contributed by atoms with Crippen LogP contribution in [-0.4, -0.2) is 90.2 Å². The third kappa shape index (κ3) is 9.12. The second-order valence-electron chi connectivity index (χ2n) is 12.0. The molecule has 2 atom stereocenters. The highest BCUT2D eigenvalue weighted by Crippen LogP contribution is 2.35. The van der Waals surface area contributed by atoms with Gasteiger partial charge in [0.1, 0.15) is 19.0 Å². The minimum absolute atomic E-state index is 0.0571. The van der Waals surface area contributed by atoms with Crippen molar-refractivity contribution < 1.29 is 32.2 Å². The maximum atomic E-state index is 14.0. The number of carbonyl (C=O) groups excluding carboxylic acids is 1. The molecular weight excluding hydrogens is 609 g/mol. The maximum Gasteiger partial charge on any atom is 0.425 e. The number of amides is 1. The van der Waals surface area contributed by atoms with Gasteiger partial charge in [0.05, 0.1) is 36.0 Å². The topological polar surface area (TPSA) is 112 Å². The fourth-order valence-electron chi connectivity index (χ4n) is 4.90. The van der Waals surface area contributed by atoms with Crippen LogP contribution < -0.4 is 15.2 Å². The van der Waals surface area contributed by atoms with E-state index >= 15 is 0 Å². The second kappa shape index (κ2) is 13.9. The molecule has 16 heteroatoms. The molecule has 0 radical (unpaired) electrons. The van der Waals surface area contributed by atoms with E-state index in [-0.39, 0.29) is 37.5 Å². The van der Waals surface area contributed by atoms with E-state index in [1.807, 2.05) is 4.90 Å². The van der Waals surface area contributed by atoms with Crippen LogP contribution in [0, 0.1) is 6.92 Å². The zero-order chi connectivity index (χ0) is 31.4. The van der Waals surface area contributed by atoms with Gasteiger partial charge in [-0.15, -0.1) is 0 Å². The smallest absolute Gasteiger partial charge is 0.425 e. The predicted octanol–water partition coefficient (Wildman–Crippen LogP) is 3.99. The summed E-state index contributed by atoms with van der Waals surface area (Å²) in [5.74, 6) is -0.111. The van der Waals surface area contributed by atoms with E-state index in [2.05, 4.69) is 34.7 Å². The number of halogens is 4. The Hall–Kier alpha value is -2.75. The molecule has 4 heterocycles. The molecule has 2 fully saturated rings. The SMILES string of the molecule is Cc1nn(COCC[Si](C)(C)C)c(=O)c(C(F)(F)F)c1OCC1CCC(CC(=O)N2CCN(c3ncc(Cl)cn3)CC2)O1. The van der Waals surface area contributed by atoms with Gasteiger partial charge >= 0.3 is 6.18 Å². The van der Waals surface area contributed by atoms with Crippen molar-refractivity contribution in [1.29, 1.82) is 0 Å². The predicted molar refractivity (Wildman–Crippen MR) is 156 cm³/mol. The second-order valence-corrected chi connectivity index (χ2v) is 18.0. The molecule has 11 nitrogen and oxygen atoms in total. The Morgan fingerprint density at radius 2 is 1.77 bits per heavy atom. The molecule has 0 bridgehead atoms. The minimum Gasteiger partial charge on any atom is -0.488 e. The van der Waals surface area contributed by atoms with E-state index in [4.69, 9.17) is 25.8 Å². The lowest BCUT2D eigenvalue weighted by atomic mass is 10.1. The summed E-state index contributed by atoms with van der Waals surface area (Å²) in [5, 5.41) is 4.47. The van der Waals surface area contributed by atoms with Crippen molar-refractivity contribution in [2.75, 3.05) is 44.3 Å². The zero-order valence-electron chi connectivity index (χ0n) is 24.8. The Kier molecular flexibility index (Phi) is 10.7. The summed E-state index contributed by atoms with van der Waals surface area (Å²) in [6.07, 6.45) is -1.55. The van der Waals surface area contributed by atoms with Gasteiger partial charge in [0.2, 0.25) is 11.9 Å². The summed E-state index contributed by atoms with van der Waals surface area (Å²) in [5.41, 5.74) is -2.81. The van der Waals surface area contributed by atoms with E-state index in [1.54, 1.807) is 4.90 Å². The van der Waals surface area contributed by atoms with Crippen LogP contribution in [0.5, 0.6) is 5.75 Å². The Balaban J connectivity index is 1.29. The lowest BCUT2D eigenvalue weighted by Crippen LogP contribution is -2.49. The fraction of sp³-hybridized carbons (Fsp3) is 0.667. The van der Waals surface area contributed by atoms with Gasteiger partial charge < -0.3 is 24.0 Å². The van der Waals surface area contributed by atoms with E-state index in [0.717, 1.165) is 6.04 Å². The van der Waals surface area contributed by atoms with Crippen molar-refractivity contribution in [2.45, 2.75) is 77.0 Å². The number of rotatable bonds is 11. The van der Waals surface area contributed by atoms with Gasteiger partial charge in [-0.25, -0.2) is 14.6 Å². The Morgan fingerprint density at radius 3 is 2.40 bits per heavy atom. The van der Waals surface area contributed by atoms with Gasteiger partial charge in [0.15, 0.2) is 11.3 Å². The summed E-state index contributed by atoms with van der Waals surface area (Å²) in [6.45, 7) is 9.72. The van der Waals surface area contributed by atoms with Crippen molar-refractivity contribution in [3.05, 3.63) is 39.0 Å². The number of hydrogen-bond donors (Lipinski definition) is 0. The highest BCUT2D eigenvalue weighted by molar-refractivity contribution is 6.76. The molecule has 0 spiro atoms. The van der Waals surface area contributed by atoms with Crippen LogP contribution in [0.25, 0.3) is 0 Å². The first-order valence-electron chi connectivity index (χ1n) is 14.3. The number of aromatic nitrogens is 4. The molecule has 2 unspecified atom stereocenters. The molecule has 2 saturated heterocycles. The summed E-state index contributed by atoms with van der Waals surface area (Å²) < 4.78 is 59.6. The Morgan fingerprint density at radius 1 is 1.12 bits per heavy atom. The quantitative estimate of drug-likeness (QED) is 0.264. The van der Waals surface area contributed by atoms with Crippen LogP contribution in [0.3, 0.4) is 0 Å². The maximum absolute atomic E-state index is 14.0. The van der Waals surface area contributed by atoms with E-state index in [1.165, 1.54) is 19.3 Å². The summed E-state index contributed by atoms with van der Waals surface area (Å²) in [7, 11) is -1.41. The first-order chi connectivity index (χ1) is 20.2. The monoisotopic (exact) mass is 646 g/mol. The van der Waals surface area contributed by atoms with Crippen molar-refractivity contribution in [2.24, 2.45) is 0 Å². The van der Waals surface area contributed by atoms with Gasteiger partial charge in [0, 0.05) is 40.9 Å². The number of piperazine rings is 1. The number of nitrogens with zero attached hydrogens (tertiary/aromatic N) is 6. The number of hydrogen-bond acceptors (Lipinski definition) is 9. The summed E-state index contributed by atoms with van der Waals surface area (Å²) in [6, 6.07) is 0.804. The summed E-state index contributed by atoms with van der Waals surface area (Å²) >= 11 is 5.85. The first-order valence-corrected chi connectivity index (χ1v) is 18.3. The van der Waals surface area contributed by atoms with Crippen molar-refractivity contribution in [3.63, 3.8) is 0 Å². The Labute approximate surface area is 254 Å². The zero-order valence-corrected chi connectivity index (χ0v) is 26.6. The minimum atomic E-state index is -4.95. The van der Waals surface area contributed by atoms with Gasteiger partial charge in [-0.05, 0) is 25.8 Å². The van der Waals surface area contributed by atoms with E-state index in [9.17, 15) is 22.8 Å². The van der Waals surface area contributed by atoms with Crippen molar-refractivity contribution in [3.8, 4) is 5.75 Å². The van der Waals surface area contributed by atoms with Crippen LogP contribution in [-0.2, 0) is 27.2 Å². The molecule has 238 valence electrons. The van der Waals surface area contributed by atoms with Gasteiger partial charge in [-0.2, -0.15) is 18.3 Å². The standard InChI is InChI=1S/C27H38ClF3N6O5Si/c1-18-24(23(27(29,30)31)25(39)37(34-18)17-40-11-12-43(2,3)4)41-16-21-6-5-20(42-21)13-22(38)35-7-9-36(10-8-35)26-32-14-19(28)15-33-26/h14-15,20-21H,5-13,16-17H2,1-4H3. The van der Waals surface area contributed by atoms with Crippen molar-refractivity contribution in [1.82, 2.24) is 24.6 Å². The Bertz CT molecular complexity index is 1320. The van der Waals surface area contributed by atoms with Gasteiger partial charge in [-0.3, -0.25) is 9.59 Å². The normalized spacial score (nSPS) is 19.6. The number of carbonyl (C=O) groups is 1. The molecule has 2 aliphatic rings. The molecule has 0 aromatic carbocycles. The van der Waals surface area contributed by atoms with E-state index in [0.29, 0.717) is 61.3 Å². The van der Waals surface area contributed by atoms with Crippen LogP contribution in [0.4, 0.5) is 19.1 Å². The molecule has 0 aliphatic carbocycles. The molecule has 1 amide bonds. The molecular formula is C27H38ClF3N6O5Si. The number of aryl methyl sites for hydroxylation is 1. The fourth-order valence-corrected chi connectivity index (χ4v) is 5.75.